The number of halogens is 1. The molecule has 0 aliphatic heterocycles. The van der Waals surface area contributed by atoms with Crippen molar-refractivity contribution in [3.63, 3.8) is 0 Å². The highest BCUT2D eigenvalue weighted by Crippen LogP contribution is 2.29. The Hall–Kier alpha value is -2.07. The van der Waals surface area contributed by atoms with Crippen LogP contribution in [0.5, 0.6) is 0 Å². The topological polar surface area (TPSA) is 50.9 Å². The average Bonchev–Trinajstić information content (AvgIpc) is 2.38. The van der Waals surface area contributed by atoms with Crippen LogP contribution in [0.3, 0.4) is 0 Å². The molecule has 1 heterocycles. The van der Waals surface area contributed by atoms with Gasteiger partial charge in [-0.15, -0.1) is 0 Å². The van der Waals surface area contributed by atoms with E-state index in [0.717, 1.165) is 38.1 Å². The van der Waals surface area contributed by atoms with Crippen LogP contribution in [0.25, 0.3) is 10.9 Å². The Labute approximate surface area is 132 Å². The number of aryl methyl sites for hydroxylation is 2. The van der Waals surface area contributed by atoms with Crippen LogP contribution < -0.4 is 11.1 Å². The fraction of sp³-hybridized carbons (Fsp3) is 0.118. The third-order valence-electron chi connectivity index (χ3n) is 3.28. The molecule has 0 saturated heterocycles. The molecule has 21 heavy (non-hydrogen) atoms. The van der Waals surface area contributed by atoms with Crippen LogP contribution in [0.15, 0.2) is 46.9 Å². The first-order chi connectivity index (χ1) is 10.0. The van der Waals surface area contributed by atoms with Crippen LogP contribution >= 0.6 is 15.9 Å². The molecule has 0 amide bonds. The van der Waals surface area contributed by atoms with E-state index >= 15 is 0 Å². The molecule has 0 saturated carbocycles. The number of nitrogens with one attached hydrogen (secondary N) is 1. The van der Waals surface area contributed by atoms with Crippen molar-refractivity contribution < 1.29 is 0 Å². The molecular formula is C17H16BrN3. The largest absolute Gasteiger partial charge is 0.399 e. The van der Waals surface area contributed by atoms with Crippen molar-refractivity contribution in [1.29, 1.82) is 0 Å². The Morgan fingerprint density at radius 3 is 2.62 bits per heavy atom. The lowest BCUT2D eigenvalue weighted by Gasteiger charge is -2.12. The molecule has 3 nitrogen and oxygen atoms in total. The van der Waals surface area contributed by atoms with E-state index in [2.05, 4.69) is 51.4 Å². The summed E-state index contributed by atoms with van der Waals surface area (Å²) in [6.45, 7) is 4.07. The van der Waals surface area contributed by atoms with Gasteiger partial charge in [0.05, 0.1) is 5.52 Å². The van der Waals surface area contributed by atoms with Gasteiger partial charge in [-0.2, -0.15) is 0 Å². The van der Waals surface area contributed by atoms with E-state index < -0.39 is 0 Å². The van der Waals surface area contributed by atoms with Crippen molar-refractivity contribution in [2.45, 2.75) is 13.8 Å². The number of fused-ring (bicyclic) bond motifs is 1. The SMILES string of the molecule is Cc1cc(Br)cc(Nc2cc(C)nc3ccc(N)cc23)c1. The van der Waals surface area contributed by atoms with Gasteiger partial charge >= 0.3 is 0 Å². The molecule has 0 spiro atoms. The molecule has 0 aliphatic carbocycles. The molecule has 3 rings (SSSR count). The van der Waals surface area contributed by atoms with Gasteiger partial charge in [-0.3, -0.25) is 4.98 Å². The van der Waals surface area contributed by atoms with Gasteiger partial charge < -0.3 is 11.1 Å². The highest BCUT2D eigenvalue weighted by atomic mass is 79.9. The minimum atomic E-state index is 0.738. The summed E-state index contributed by atoms with van der Waals surface area (Å²) in [5, 5.41) is 4.50. The predicted octanol–water partition coefficient (Wildman–Crippen LogP) is 4.94. The molecule has 0 fully saturated rings. The van der Waals surface area contributed by atoms with Crippen LogP contribution in [-0.4, -0.2) is 4.98 Å². The van der Waals surface area contributed by atoms with Crippen LogP contribution in [0, 0.1) is 13.8 Å². The molecular weight excluding hydrogens is 326 g/mol. The van der Waals surface area contributed by atoms with Gasteiger partial charge in [0.15, 0.2) is 0 Å². The second-order valence-corrected chi connectivity index (χ2v) is 6.15. The van der Waals surface area contributed by atoms with E-state index in [-0.39, 0.29) is 0 Å². The first-order valence-electron chi connectivity index (χ1n) is 6.72. The van der Waals surface area contributed by atoms with Crippen molar-refractivity contribution in [3.05, 3.63) is 58.2 Å². The fourth-order valence-electron chi connectivity index (χ4n) is 2.44. The maximum Gasteiger partial charge on any atom is 0.0727 e. The first-order valence-corrected chi connectivity index (χ1v) is 7.52. The zero-order valence-electron chi connectivity index (χ0n) is 11.9. The van der Waals surface area contributed by atoms with Gasteiger partial charge in [0.25, 0.3) is 0 Å². The zero-order valence-corrected chi connectivity index (χ0v) is 13.5. The van der Waals surface area contributed by atoms with E-state index in [1.54, 1.807) is 0 Å². The summed E-state index contributed by atoms with van der Waals surface area (Å²) in [5.41, 5.74) is 11.8. The normalized spacial score (nSPS) is 10.8. The Kier molecular flexibility index (Phi) is 3.55. The van der Waals surface area contributed by atoms with E-state index in [1.165, 1.54) is 5.56 Å². The van der Waals surface area contributed by atoms with Crippen LogP contribution in [0.1, 0.15) is 11.3 Å². The van der Waals surface area contributed by atoms with Crippen LogP contribution in [0.2, 0.25) is 0 Å². The standard InChI is InChI=1S/C17H16BrN3/c1-10-5-12(18)8-14(6-10)21-17-7-11(2)20-16-4-3-13(19)9-15(16)17/h3-9H,19H2,1-2H3,(H,20,21). The Balaban J connectivity index is 2.13. The fourth-order valence-corrected chi connectivity index (χ4v) is 3.05. The van der Waals surface area contributed by atoms with Crippen molar-refractivity contribution in [3.8, 4) is 0 Å². The molecule has 0 aliphatic rings. The summed E-state index contributed by atoms with van der Waals surface area (Å²) < 4.78 is 1.06. The smallest absolute Gasteiger partial charge is 0.0727 e. The van der Waals surface area contributed by atoms with Crippen molar-refractivity contribution in [2.24, 2.45) is 0 Å². The number of nitrogens with zero attached hydrogens (tertiary/aromatic N) is 1. The second-order valence-electron chi connectivity index (χ2n) is 5.23. The summed E-state index contributed by atoms with van der Waals surface area (Å²) in [6, 6.07) is 14.1. The molecule has 0 bridgehead atoms. The molecule has 3 N–H and O–H groups in total. The maximum atomic E-state index is 5.91. The Morgan fingerprint density at radius 1 is 1.05 bits per heavy atom. The Bertz CT molecular complexity index is 807. The van der Waals surface area contributed by atoms with Gasteiger partial charge in [-0.25, -0.2) is 0 Å². The number of benzene rings is 2. The number of anilines is 3. The summed E-state index contributed by atoms with van der Waals surface area (Å²) in [7, 11) is 0. The van der Waals surface area contributed by atoms with Crippen LogP contribution in [0.4, 0.5) is 17.1 Å². The van der Waals surface area contributed by atoms with Crippen molar-refractivity contribution in [1.82, 2.24) is 4.98 Å². The van der Waals surface area contributed by atoms with Crippen molar-refractivity contribution >= 4 is 43.9 Å². The molecule has 3 aromatic rings. The number of pyridine rings is 1. The number of rotatable bonds is 2. The zero-order chi connectivity index (χ0) is 15.0. The van der Waals surface area contributed by atoms with Crippen molar-refractivity contribution in [2.75, 3.05) is 11.1 Å². The van der Waals surface area contributed by atoms with E-state index in [0.29, 0.717) is 0 Å². The summed E-state index contributed by atoms with van der Waals surface area (Å²) in [6.07, 6.45) is 0. The van der Waals surface area contributed by atoms with E-state index in [9.17, 15) is 0 Å². The summed E-state index contributed by atoms with van der Waals surface area (Å²) >= 11 is 3.53. The second kappa shape index (κ2) is 5.37. The number of hydrogen-bond acceptors (Lipinski definition) is 3. The van der Waals surface area contributed by atoms with E-state index in [4.69, 9.17) is 5.73 Å². The number of nitrogen functional groups attached to an aromatic ring is 1. The van der Waals surface area contributed by atoms with E-state index in [1.807, 2.05) is 31.2 Å². The number of nitrogens with two attached hydrogens (primary N) is 1. The number of hydrogen-bond donors (Lipinski definition) is 2. The monoisotopic (exact) mass is 341 g/mol. The van der Waals surface area contributed by atoms with Gasteiger partial charge in [0.1, 0.15) is 0 Å². The molecule has 2 aromatic carbocycles. The Morgan fingerprint density at radius 2 is 1.86 bits per heavy atom. The first kappa shape index (κ1) is 13.9. The lowest BCUT2D eigenvalue weighted by molar-refractivity contribution is 1.25. The molecule has 0 atom stereocenters. The molecule has 106 valence electrons. The van der Waals surface area contributed by atoms with Gasteiger partial charge in [-0.1, -0.05) is 15.9 Å². The highest BCUT2D eigenvalue weighted by molar-refractivity contribution is 9.10. The molecule has 1 aromatic heterocycles. The minimum absolute atomic E-state index is 0.738. The predicted molar refractivity (Wildman–Crippen MR) is 93.1 cm³/mol. The van der Waals surface area contributed by atoms with Gasteiger partial charge in [0, 0.05) is 32.6 Å². The molecule has 0 unspecified atom stereocenters. The third kappa shape index (κ3) is 3.00. The van der Waals surface area contributed by atoms with Gasteiger partial charge in [-0.05, 0) is 61.9 Å². The average molecular weight is 342 g/mol. The summed E-state index contributed by atoms with van der Waals surface area (Å²) in [5.74, 6) is 0. The molecule has 0 radical (unpaired) electrons. The lowest BCUT2D eigenvalue weighted by atomic mass is 10.1. The lowest BCUT2D eigenvalue weighted by Crippen LogP contribution is -1.96. The highest BCUT2D eigenvalue weighted by Gasteiger charge is 2.06. The maximum absolute atomic E-state index is 5.91. The minimum Gasteiger partial charge on any atom is -0.399 e. The van der Waals surface area contributed by atoms with Gasteiger partial charge in [0.2, 0.25) is 0 Å². The number of aromatic nitrogens is 1. The van der Waals surface area contributed by atoms with Crippen LogP contribution in [-0.2, 0) is 0 Å². The summed E-state index contributed by atoms with van der Waals surface area (Å²) in [4.78, 5) is 4.55. The molecule has 4 heteroatoms. The quantitative estimate of drug-likeness (QED) is 0.649. The third-order valence-corrected chi connectivity index (χ3v) is 3.74.